The Bertz CT molecular complexity index is 418. The van der Waals surface area contributed by atoms with Crippen LogP contribution in [0, 0.1) is 5.41 Å². The third kappa shape index (κ3) is 3.91. The fourth-order valence-electron chi connectivity index (χ4n) is 1.16. The van der Waals surface area contributed by atoms with Crippen LogP contribution in [0.4, 0.5) is 0 Å². The fourth-order valence-corrected chi connectivity index (χ4v) is 1.33. The summed E-state index contributed by atoms with van der Waals surface area (Å²) < 4.78 is 0. The Morgan fingerprint density at radius 2 is 2.12 bits per heavy atom. The Kier molecular flexibility index (Phi) is 4.37. The summed E-state index contributed by atoms with van der Waals surface area (Å²) in [6.07, 6.45) is 0. The molecule has 0 fully saturated rings. The van der Waals surface area contributed by atoms with Crippen LogP contribution in [0.3, 0.4) is 0 Å². The van der Waals surface area contributed by atoms with Crippen LogP contribution in [0.1, 0.15) is 24.2 Å². The molecule has 94 valence electrons. The standard InChI is InChI=1S/C12H16ClNO3/c1-12(2,7-15)6-14-11(17)9-5-8(13)3-4-10(9)16/h3-5,15-16H,6-7H2,1-2H3,(H,14,17). The molecule has 0 saturated carbocycles. The SMILES string of the molecule is CC(C)(CO)CNC(=O)c1cc(Cl)ccc1O. The van der Waals surface area contributed by atoms with Crippen molar-refractivity contribution < 1.29 is 15.0 Å². The van der Waals surface area contributed by atoms with Crippen molar-refractivity contribution in [2.24, 2.45) is 5.41 Å². The maximum absolute atomic E-state index is 11.8. The van der Waals surface area contributed by atoms with Gasteiger partial charge in [-0.3, -0.25) is 4.79 Å². The molecule has 3 N–H and O–H groups in total. The predicted molar refractivity (Wildman–Crippen MR) is 66.3 cm³/mol. The largest absolute Gasteiger partial charge is 0.507 e. The first-order valence-electron chi connectivity index (χ1n) is 5.23. The number of amides is 1. The zero-order valence-corrected chi connectivity index (χ0v) is 10.6. The number of benzene rings is 1. The molecule has 17 heavy (non-hydrogen) atoms. The van der Waals surface area contributed by atoms with Gasteiger partial charge < -0.3 is 15.5 Å². The molecule has 0 spiro atoms. The lowest BCUT2D eigenvalue weighted by atomic mass is 9.95. The van der Waals surface area contributed by atoms with E-state index in [1.165, 1.54) is 18.2 Å². The van der Waals surface area contributed by atoms with Crippen molar-refractivity contribution in [3.63, 3.8) is 0 Å². The number of hydrogen-bond acceptors (Lipinski definition) is 3. The number of aliphatic hydroxyl groups is 1. The lowest BCUT2D eigenvalue weighted by molar-refractivity contribution is 0.0908. The van der Waals surface area contributed by atoms with Crippen LogP contribution in [0.5, 0.6) is 5.75 Å². The van der Waals surface area contributed by atoms with Gasteiger partial charge >= 0.3 is 0 Å². The van der Waals surface area contributed by atoms with Gasteiger partial charge in [-0.1, -0.05) is 25.4 Å². The highest BCUT2D eigenvalue weighted by molar-refractivity contribution is 6.31. The maximum Gasteiger partial charge on any atom is 0.255 e. The van der Waals surface area contributed by atoms with Gasteiger partial charge in [0, 0.05) is 23.6 Å². The van der Waals surface area contributed by atoms with E-state index in [2.05, 4.69) is 5.32 Å². The summed E-state index contributed by atoms with van der Waals surface area (Å²) >= 11 is 5.75. The third-order valence-electron chi connectivity index (χ3n) is 2.36. The molecular weight excluding hydrogens is 242 g/mol. The normalized spacial score (nSPS) is 11.3. The van der Waals surface area contributed by atoms with E-state index in [1.54, 1.807) is 0 Å². The smallest absolute Gasteiger partial charge is 0.255 e. The van der Waals surface area contributed by atoms with Gasteiger partial charge in [0.05, 0.1) is 5.56 Å². The zero-order chi connectivity index (χ0) is 13.1. The molecule has 0 aliphatic rings. The van der Waals surface area contributed by atoms with E-state index in [0.29, 0.717) is 11.6 Å². The average molecular weight is 258 g/mol. The Balaban J connectivity index is 2.74. The third-order valence-corrected chi connectivity index (χ3v) is 2.59. The lowest BCUT2D eigenvalue weighted by Gasteiger charge is -2.21. The van der Waals surface area contributed by atoms with Crippen LogP contribution < -0.4 is 5.32 Å². The van der Waals surface area contributed by atoms with E-state index in [4.69, 9.17) is 16.7 Å². The number of rotatable bonds is 4. The molecule has 0 aromatic heterocycles. The molecule has 0 atom stereocenters. The summed E-state index contributed by atoms with van der Waals surface area (Å²) in [5, 5.41) is 21.6. The summed E-state index contributed by atoms with van der Waals surface area (Å²) in [6.45, 7) is 3.93. The van der Waals surface area contributed by atoms with Crippen LogP contribution in [-0.4, -0.2) is 29.3 Å². The highest BCUT2D eigenvalue weighted by atomic mass is 35.5. The highest BCUT2D eigenvalue weighted by Crippen LogP contribution is 2.21. The van der Waals surface area contributed by atoms with Crippen molar-refractivity contribution >= 4 is 17.5 Å². The number of phenols is 1. The molecule has 4 nitrogen and oxygen atoms in total. The Morgan fingerprint density at radius 3 is 2.71 bits per heavy atom. The highest BCUT2D eigenvalue weighted by Gasteiger charge is 2.19. The molecule has 0 heterocycles. The van der Waals surface area contributed by atoms with Gasteiger partial charge in [-0.05, 0) is 18.2 Å². The number of carbonyl (C=O) groups excluding carboxylic acids is 1. The Hall–Kier alpha value is -1.26. The van der Waals surface area contributed by atoms with E-state index >= 15 is 0 Å². The molecule has 1 amide bonds. The number of aliphatic hydroxyl groups excluding tert-OH is 1. The average Bonchev–Trinajstić information content (AvgIpc) is 2.29. The number of phenolic OH excluding ortho intramolecular Hbond substituents is 1. The maximum atomic E-state index is 11.8. The number of carbonyl (C=O) groups is 1. The molecule has 5 heteroatoms. The van der Waals surface area contributed by atoms with Crippen LogP contribution in [0.15, 0.2) is 18.2 Å². The second kappa shape index (κ2) is 5.38. The van der Waals surface area contributed by atoms with E-state index in [0.717, 1.165) is 0 Å². The van der Waals surface area contributed by atoms with Gasteiger partial charge in [-0.25, -0.2) is 0 Å². The van der Waals surface area contributed by atoms with Crippen LogP contribution in [0.25, 0.3) is 0 Å². The summed E-state index contributed by atoms with van der Waals surface area (Å²) in [6, 6.07) is 4.28. The number of nitrogens with one attached hydrogen (secondary N) is 1. The minimum absolute atomic E-state index is 0.0329. The first kappa shape index (κ1) is 13.8. The summed E-state index contributed by atoms with van der Waals surface area (Å²) in [5.74, 6) is -0.528. The molecule has 0 aliphatic heterocycles. The predicted octanol–water partition coefficient (Wildman–Crippen LogP) is 1.79. The molecular formula is C12H16ClNO3. The van der Waals surface area contributed by atoms with Crippen molar-refractivity contribution in [1.82, 2.24) is 5.32 Å². The molecule has 0 saturated heterocycles. The monoisotopic (exact) mass is 257 g/mol. The summed E-state index contributed by atoms with van der Waals surface area (Å²) in [5.41, 5.74) is -0.268. The van der Waals surface area contributed by atoms with Gasteiger partial charge in [0.15, 0.2) is 0 Å². The van der Waals surface area contributed by atoms with Gasteiger partial charge in [0.2, 0.25) is 0 Å². The number of halogens is 1. The first-order chi connectivity index (χ1) is 7.85. The van der Waals surface area contributed by atoms with Gasteiger partial charge in [0.1, 0.15) is 5.75 Å². The van der Waals surface area contributed by atoms with E-state index in [9.17, 15) is 9.90 Å². The fraction of sp³-hybridized carbons (Fsp3) is 0.417. The molecule has 1 aromatic carbocycles. The number of aromatic hydroxyl groups is 1. The Labute approximate surface area is 105 Å². The minimum atomic E-state index is -0.411. The molecule has 0 aliphatic carbocycles. The van der Waals surface area contributed by atoms with Gasteiger partial charge in [0.25, 0.3) is 5.91 Å². The van der Waals surface area contributed by atoms with Gasteiger partial charge in [-0.15, -0.1) is 0 Å². The van der Waals surface area contributed by atoms with Crippen molar-refractivity contribution in [2.75, 3.05) is 13.2 Å². The zero-order valence-electron chi connectivity index (χ0n) is 9.83. The van der Waals surface area contributed by atoms with Crippen LogP contribution >= 0.6 is 11.6 Å². The van der Waals surface area contributed by atoms with Crippen molar-refractivity contribution in [2.45, 2.75) is 13.8 Å². The molecule has 1 rings (SSSR count). The quantitative estimate of drug-likeness (QED) is 0.770. The molecule has 1 aromatic rings. The molecule has 0 radical (unpaired) electrons. The molecule has 0 unspecified atom stereocenters. The van der Waals surface area contributed by atoms with Crippen LogP contribution in [-0.2, 0) is 0 Å². The lowest BCUT2D eigenvalue weighted by Crippen LogP contribution is -2.36. The minimum Gasteiger partial charge on any atom is -0.507 e. The van der Waals surface area contributed by atoms with Crippen molar-refractivity contribution in [3.05, 3.63) is 28.8 Å². The second-order valence-electron chi connectivity index (χ2n) is 4.67. The van der Waals surface area contributed by atoms with Crippen molar-refractivity contribution in [3.8, 4) is 5.75 Å². The first-order valence-corrected chi connectivity index (χ1v) is 5.61. The second-order valence-corrected chi connectivity index (χ2v) is 5.10. The van der Waals surface area contributed by atoms with Crippen molar-refractivity contribution in [1.29, 1.82) is 0 Å². The molecule has 0 bridgehead atoms. The summed E-state index contributed by atoms with van der Waals surface area (Å²) in [7, 11) is 0. The van der Waals surface area contributed by atoms with Crippen LogP contribution in [0.2, 0.25) is 5.02 Å². The topological polar surface area (TPSA) is 69.6 Å². The summed E-state index contributed by atoms with van der Waals surface area (Å²) in [4.78, 5) is 11.8. The van der Waals surface area contributed by atoms with E-state index in [1.807, 2.05) is 13.8 Å². The van der Waals surface area contributed by atoms with Gasteiger partial charge in [-0.2, -0.15) is 0 Å². The Morgan fingerprint density at radius 1 is 1.47 bits per heavy atom. The number of hydrogen-bond donors (Lipinski definition) is 3. The van der Waals surface area contributed by atoms with E-state index in [-0.39, 0.29) is 17.9 Å². The van der Waals surface area contributed by atoms with E-state index < -0.39 is 11.3 Å².